The van der Waals surface area contributed by atoms with Crippen LogP contribution in [0.4, 0.5) is 4.79 Å². The van der Waals surface area contributed by atoms with Crippen LogP contribution in [0, 0.1) is 0 Å². The van der Waals surface area contributed by atoms with Gasteiger partial charge in [-0.25, -0.2) is 4.79 Å². The summed E-state index contributed by atoms with van der Waals surface area (Å²) in [6, 6.07) is -0.654. The number of aliphatic hydroxyl groups excluding tert-OH is 1. The summed E-state index contributed by atoms with van der Waals surface area (Å²) in [5.41, 5.74) is 0. The van der Waals surface area contributed by atoms with E-state index in [1.807, 2.05) is 11.8 Å². The average Bonchev–Trinajstić information content (AvgIpc) is 2.36. The molecule has 0 saturated carbocycles. The maximum atomic E-state index is 11.6. The first-order chi connectivity index (χ1) is 8.67. The van der Waals surface area contributed by atoms with Crippen molar-refractivity contribution in [3.8, 4) is 0 Å². The maximum absolute atomic E-state index is 11.6. The number of carbonyl (C=O) groups excluding carboxylic acids is 2. The summed E-state index contributed by atoms with van der Waals surface area (Å²) in [6.45, 7) is 4.02. The highest BCUT2D eigenvalue weighted by Gasteiger charge is 2.24. The van der Waals surface area contributed by atoms with Crippen molar-refractivity contribution in [1.82, 2.24) is 15.5 Å². The summed E-state index contributed by atoms with van der Waals surface area (Å²) in [5.74, 6) is -0.371. The molecular formula is C11H21N3O4. The van der Waals surface area contributed by atoms with E-state index in [1.54, 1.807) is 0 Å². The van der Waals surface area contributed by atoms with E-state index in [0.29, 0.717) is 26.3 Å². The van der Waals surface area contributed by atoms with Crippen molar-refractivity contribution in [1.29, 1.82) is 0 Å². The first-order valence-corrected chi connectivity index (χ1v) is 6.17. The fourth-order valence-electron chi connectivity index (χ4n) is 1.70. The number of aliphatic hydroxyl groups is 1. The quantitative estimate of drug-likeness (QED) is 0.584. The third-order valence-electron chi connectivity index (χ3n) is 2.70. The van der Waals surface area contributed by atoms with Crippen LogP contribution in [0.2, 0.25) is 0 Å². The molecule has 1 saturated heterocycles. The van der Waals surface area contributed by atoms with Crippen molar-refractivity contribution < 1.29 is 19.4 Å². The molecule has 0 aromatic heterocycles. The van der Waals surface area contributed by atoms with Crippen molar-refractivity contribution >= 4 is 11.9 Å². The second kappa shape index (κ2) is 8.02. The fourth-order valence-corrected chi connectivity index (χ4v) is 1.70. The Hall–Kier alpha value is -1.18. The van der Waals surface area contributed by atoms with E-state index in [4.69, 9.17) is 9.84 Å². The Morgan fingerprint density at radius 2 is 2.28 bits per heavy atom. The summed E-state index contributed by atoms with van der Waals surface area (Å²) in [5, 5.41) is 14.0. The van der Waals surface area contributed by atoms with Gasteiger partial charge in [0.05, 0.1) is 32.4 Å². The number of imide groups is 1. The van der Waals surface area contributed by atoms with E-state index in [-0.39, 0.29) is 25.1 Å². The summed E-state index contributed by atoms with van der Waals surface area (Å²) >= 11 is 0. The summed E-state index contributed by atoms with van der Waals surface area (Å²) in [7, 11) is 0. The Balaban J connectivity index is 2.31. The number of ether oxygens (including phenoxy) is 1. The van der Waals surface area contributed by atoms with Crippen molar-refractivity contribution in [2.75, 3.05) is 39.5 Å². The van der Waals surface area contributed by atoms with Gasteiger partial charge >= 0.3 is 6.03 Å². The van der Waals surface area contributed by atoms with Gasteiger partial charge in [0, 0.05) is 13.1 Å². The lowest BCUT2D eigenvalue weighted by Gasteiger charge is -2.33. The number of hydrogen-bond acceptors (Lipinski definition) is 5. The predicted octanol–water partition coefficient (Wildman–Crippen LogP) is -1.08. The summed E-state index contributed by atoms with van der Waals surface area (Å²) in [4.78, 5) is 24.7. The Kier molecular flexibility index (Phi) is 6.63. The molecule has 1 rings (SSSR count). The van der Waals surface area contributed by atoms with Gasteiger partial charge in [-0.1, -0.05) is 6.92 Å². The Morgan fingerprint density at radius 3 is 2.94 bits per heavy atom. The number of nitrogens with zero attached hydrogens (tertiary/aromatic N) is 1. The molecule has 1 unspecified atom stereocenters. The Labute approximate surface area is 106 Å². The van der Waals surface area contributed by atoms with E-state index in [1.165, 1.54) is 0 Å². The van der Waals surface area contributed by atoms with Gasteiger partial charge in [-0.05, 0) is 6.42 Å². The summed E-state index contributed by atoms with van der Waals surface area (Å²) < 4.78 is 5.21. The largest absolute Gasteiger partial charge is 0.395 e. The first-order valence-electron chi connectivity index (χ1n) is 6.17. The smallest absolute Gasteiger partial charge is 0.321 e. The van der Waals surface area contributed by atoms with Crippen molar-refractivity contribution in [2.45, 2.75) is 19.4 Å². The molecule has 1 heterocycles. The zero-order chi connectivity index (χ0) is 13.4. The first kappa shape index (κ1) is 14.9. The molecule has 1 fully saturated rings. The van der Waals surface area contributed by atoms with E-state index in [0.717, 1.165) is 6.42 Å². The standard InChI is InChI=1S/C11H21N3O4/c1-2-3-12-11(17)13-10(16)6-14-4-5-18-8-9(14)7-15/h9,15H,2-8H2,1H3,(H2,12,13,16,17). The number of hydrogen-bond donors (Lipinski definition) is 3. The Bertz CT molecular complexity index is 285. The molecule has 7 heteroatoms. The van der Waals surface area contributed by atoms with Gasteiger partial charge < -0.3 is 15.2 Å². The minimum absolute atomic E-state index is 0.0602. The van der Waals surface area contributed by atoms with Crippen LogP contribution in [0.15, 0.2) is 0 Å². The molecule has 104 valence electrons. The molecule has 0 radical (unpaired) electrons. The van der Waals surface area contributed by atoms with Gasteiger partial charge in [0.1, 0.15) is 0 Å². The van der Waals surface area contributed by atoms with Gasteiger partial charge in [0.25, 0.3) is 0 Å². The highest BCUT2D eigenvalue weighted by molar-refractivity contribution is 5.95. The molecular weight excluding hydrogens is 238 g/mol. The van der Waals surface area contributed by atoms with Crippen LogP contribution in [0.1, 0.15) is 13.3 Å². The number of nitrogens with one attached hydrogen (secondary N) is 2. The molecule has 3 N–H and O–H groups in total. The van der Waals surface area contributed by atoms with Crippen LogP contribution in [0.25, 0.3) is 0 Å². The molecule has 0 aromatic carbocycles. The monoisotopic (exact) mass is 259 g/mol. The van der Waals surface area contributed by atoms with Gasteiger partial charge in [-0.2, -0.15) is 0 Å². The van der Waals surface area contributed by atoms with Crippen LogP contribution in [0.3, 0.4) is 0 Å². The minimum Gasteiger partial charge on any atom is -0.395 e. The normalized spacial score (nSPS) is 20.4. The van der Waals surface area contributed by atoms with E-state index in [2.05, 4.69) is 10.6 Å². The van der Waals surface area contributed by atoms with Gasteiger partial charge in [0.2, 0.25) is 5.91 Å². The maximum Gasteiger partial charge on any atom is 0.321 e. The molecule has 0 spiro atoms. The van der Waals surface area contributed by atoms with E-state index < -0.39 is 6.03 Å². The molecule has 1 atom stereocenters. The van der Waals surface area contributed by atoms with Crippen LogP contribution in [-0.2, 0) is 9.53 Å². The zero-order valence-corrected chi connectivity index (χ0v) is 10.6. The lowest BCUT2D eigenvalue weighted by atomic mass is 10.2. The lowest BCUT2D eigenvalue weighted by Crippen LogP contribution is -2.52. The fraction of sp³-hybridized carbons (Fsp3) is 0.818. The van der Waals surface area contributed by atoms with Crippen LogP contribution < -0.4 is 10.6 Å². The molecule has 3 amide bonds. The van der Waals surface area contributed by atoms with Crippen molar-refractivity contribution in [3.63, 3.8) is 0 Å². The molecule has 18 heavy (non-hydrogen) atoms. The number of rotatable bonds is 5. The van der Waals surface area contributed by atoms with Crippen molar-refractivity contribution in [3.05, 3.63) is 0 Å². The highest BCUT2D eigenvalue weighted by atomic mass is 16.5. The van der Waals surface area contributed by atoms with E-state index in [9.17, 15) is 9.59 Å². The number of amides is 3. The third kappa shape index (κ3) is 4.99. The number of urea groups is 1. The van der Waals surface area contributed by atoms with E-state index >= 15 is 0 Å². The van der Waals surface area contributed by atoms with Gasteiger partial charge in [0.15, 0.2) is 0 Å². The second-order valence-electron chi connectivity index (χ2n) is 4.19. The van der Waals surface area contributed by atoms with Gasteiger partial charge in [-0.3, -0.25) is 15.0 Å². The lowest BCUT2D eigenvalue weighted by molar-refractivity contribution is -0.124. The third-order valence-corrected chi connectivity index (χ3v) is 2.70. The van der Waals surface area contributed by atoms with Gasteiger partial charge in [-0.15, -0.1) is 0 Å². The molecule has 0 aliphatic carbocycles. The SMILES string of the molecule is CCCNC(=O)NC(=O)CN1CCOCC1CO. The minimum atomic E-state index is -0.476. The molecule has 0 aromatic rings. The van der Waals surface area contributed by atoms with Crippen LogP contribution in [0.5, 0.6) is 0 Å². The highest BCUT2D eigenvalue weighted by Crippen LogP contribution is 2.05. The average molecular weight is 259 g/mol. The van der Waals surface area contributed by atoms with Crippen molar-refractivity contribution in [2.24, 2.45) is 0 Å². The molecule has 7 nitrogen and oxygen atoms in total. The zero-order valence-electron chi connectivity index (χ0n) is 10.6. The molecule has 1 aliphatic heterocycles. The van der Waals surface area contributed by atoms with Crippen LogP contribution >= 0.6 is 0 Å². The topological polar surface area (TPSA) is 90.9 Å². The Morgan fingerprint density at radius 1 is 1.50 bits per heavy atom. The predicted molar refractivity (Wildman–Crippen MR) is 65.1 cm³/mol. The molecule has 1 aliphatic rings. The number of carbonyl (C=O) groups is 2. The molecule has 0 bridgehead atoms. The number of morpholine rings is 1. The summed E-state index contributed by atoms with van der Waals surface area (Å²) in [6.07, 6.45) is 0.817. The van der Waals surface area contributed by atoms with Crippen LogP contribution in [-0.4, -0.2) is 67.4 Å². The second-order valence-corrected chi connectivity index (χ2v) is 4.19.